The lowest BCUT2D eigenvalue weighted by atomic mass is 9.43. The Balaban J connectivity index is 1.71. The monoisotopic (exact) mass is 377 g/mol. The number of aliphatic hydroxyl groups excluding tert-OH is 1. The van der Waals surface area contributed by atoms with Crippen LogP contribution in [0.1, 0.15) is 72.6 Å². The maximum absolute atomic E-state index is 10.7. The summed E-state index contributed by atoms with van der Waals surface area (Å²) in [5.74, 6) is 4.05. The summed E-state index contributed by atoms with van der Waals surface area (Å²) in [4.78, 5) is 2.55. The summed E-state index contributed by atoms with van der Waals surface area (Å²) in [6, 6.07) is 0.669. The zero-order valence-corrected chi connectivity index (χ0v) is 18.6. The average molecular weight is 378 g/mol. The highest BCUT2D eigenvalue weighted by Gasteiger charge is 2.63. The first-order valence-electron chi connectivity index (χ1n) is 11.7. The summed E-state index contributed by atoms with van der Waals surface area (Å²) in [6.07, 6.45) is 8.69. The maximum atomic E-state index is 10.7. The van der Waals surface area contributed by atoms with Crippen LogP contribution in [0.3, 0.4) is 0 Å². The molecule has 4 fully saturated rings. The van der Waals surface area contributed by atoms with E-state index in [9.17, 15) is 5.11 Å². The molecule has 0 amide bonds. The Bertz CT molecular complexity index is 550. The van der Waals surface area contributed by atoms with E-state index in [1.165, 1.54) is 32.1 Å². The van der Waals surface area contributed by atoms with Gasteiger partial charge in [-0.2, -0.15) is 0 Å². The van der Waals surface area contributed by atoms with Crippen molar-refractivity contribution in [3.05, 3.63) is 0 Å². The molecule has 0 aliphatic heterocycles. The molecule has 0 unspecified atom stereocenters. The van der Waals surface area contributed by atoms with Crippen LogP contribution in [0.2, 0.25) is 0 Å². The quantitative estimate of drug-likeness (QED) is 0.781. The minimum atomic E-state index is -0.266. The second kappa shape index (κ2) is 6.99. The summed E-state index contributed by atoms with van der Waals surface area (Å²) < 4.78 is 6.04. The van der Waals surface area contributed by atoms with Crippen LogP contribution in [0.15, 0.2) is 0 Å². The van der Waals surface area contributed by atoms with E-state index < -0.39 is 0 Å². The van der Waals surface area contributed by atoms with Crippen molar-refractivity contribution in [3.8, 4) is 0 Å². The highest BCUT2D eigenvalue weighted by Crippen LogP contribution is 2.68. The molecule has 156 valence electrons. The SMILES string of the molecule is CCO[C@H]1C[C@@]2(C)[C@@H](CC[C@@H]3[C@@H]2[C@H](N(C)C)C[C@]2(C)[C@@H](C)CC[C@@H]32)C[C@@H]1O. The third kappa shape index (κ3) is 2.94. The average Bonchev–Trinajstić information content (AvgIpc) is 2.90. The number of hydrogen-bond acceptors (Lipinski definition) is 3. The van der Waals surface area contributed by atoms with E-state index in [1.54, 1.807) is 0 Å². The van der Waals surface area contributed by atoms with Crippen molar-refractivity contribution < 1.29 is 9.84 Å². The molecule has 10 atom stereocenters. The molecule has 4 aliphatic rings. The molecule has 3 nitrogen and oxygen atoms in total. The molecule has 0 radical (unpaired) electrons. The number of aliphatic hydroxyl groups is 1. The molecule has 0 bridgehead atoms. The van der Waals surface area contributed by atoms with E-state index in [0.29, 0.717) is 29.4 Å². The lowest BCUT2D eigenvalue weighted by Crippen LogP contribution is -2.63. The Morgan fingerprint density at radius 3 is 2.44 bits per heavy atom. The van der Waals surface area contributed by atoms with Gasteiger partial charge in [0.2, 0.25) is 0 Å². The van der Waals surface area contributed by atoms with Crippen molar-refractivity contribution >= 4 is 0 Å². The predicted molar refractivity (Wildman–Crippen MR) is 111 cm³/mol. The van der Waals surface area contributed by atoms with E-state index in [1.807, 2.05) is 0 Å². The van der Waals surface area contributed by atoms with Crippen LogP contribution in [0, 0.1) is 40.4 Å². The second-order valence-electron chi connectivity index (χ2n) is 11.3. The van der Waals surface area contributed by atoms with Gasteiger partial charge in [-0.25, -0.2) is 0 Å². The molecule has 0 aromatic carbocycles. The van der Waals surface area contributed by atoms with E-state index >= 15 is 0 Å². The summed E-state index contributed by atoms with van der Waals surface area (Å²) in [5.41, 5.74) is 0.830. The van der Waals surface area contributed by atoms with E-state index in [2.05, 4.69) is 46.7 Å². The molecule has 0 aromatic heterocycles. The molecular weight excluding hydrogens is 334 g/mol. The van der Waals surface area contributed by atoms with Crippen LogP contribution in [-0.4, -0.2) is 49.0 Å². The smallest absolute Gasteiger partial charge is 0.0839 e. The molecule has 1 N–H and O–H groups in total. The van der Waals surface area contributed by atoms with E-state index in [0.717, 1.165) is 36.5 Å². The van der Waals surface area contributed by atoms with Crippen molar-refractivity contribution in [3.63, 3.8) is 0 Å². The van der Waals surface area contributed by atoms with Crippen LogP contribution in [-0.2, 0) is 4.74 Å². The van der Waals surface area contributed by atoms with Crippen molar-refractivity contribution in [1.82, 2.24) is 4.90 Å². The first-order valence-corrected chi connectivity index (χ1v) is 11.7. The van der Waals surface area contributed by atoms with Crippen LogP contribution in [0.5, 0.6) is 0 Å². The number of rotatable bonds is 3. The van der Waals surface area contributed by atoms with Gasteiger partial charge in [0, 0.05) is 12.6 Å². The molecule has 3 heteroatoms. The zero-order chi connectivity index (χ0) is 19.6. The molecule has 0 heterocycles. The third-order valence-corrected chi connectivity index (χ3v) is 10.1. The molecule has 0 saturated heterocycles. The zero-order valence-electron chi connectivity index (χ0n) is 18.6. The third-order valence-electron chi connectivity index (χ3n) is 10.1. The first kappa shape index (κ1) is 20.2. The summed E-state index contributed by atoms with van der Waals surface area (Å²) in [6.45, 7) is 10.5. The molecule has 4 rings (SSSR count). The van der Waals surface area contributed by atoms with Gasteiger partial charge in [-0.15, -0.1) is 0 Å². The minimum absolute atomic E-state index is 0.0358. The molecule has 0 aromatic rings. The first-order chi connectivity index (χ1) is 12.7. The van der Waals surface area contributed by atoms with Gasteiger partial charge in [0.25, 0.3) is 0 Å². The largest absolute Gasteiger partial charge is 0.390 e. The normalized spacial score (nSPS) is 55.1. The van der Waals surface area contributed by atoms with Gasteiger partial charge >= 0.3 is 0 Å². The number of hydrogen-bond donors (Lipinski definition) is 1. The molecule has 27 heavy (non-hydrogen) atoms. The Labute approximate surface area is 167 Å². The van der Waals surface area contributed by atoms with Crippen molar-refractivity contribution in [2.24, 2.45) is 40.4 Å². The highest BCUT2D eigenvalue weighted by atomic mass is 16.5. The Hall–Kier alpha value is -0.120. The van der Waals surface area contributed by atoms with Crippen molar-refractivity contribution in [2.75, 3.05) is 20.7 Å². The van der Waals surface area contributed by atoms with Gasteiger partial charge in [-0.05, 0) is 106 Å². The van der Waals surface area contributed by atoms with E-state index in [-0.39, 0.29) is 12.2 Å². The van der Waals surface area contributed by atoms with Crippen LogP contribution in [0.25, 0.3) is 0 Å². The summed E-state index contributed by atoms with van der Waals surface area (Å²) in [7, 11) is 4.63. The summed E-state index contributed by atoms with van der Waals surface area (Å²) >= 11 is 0. The Morgan fingerprint density at radius 2 is 1.78 bits per heavy atom. The van der Waals surface area contributed by atoms with Crippen molar-refractivity contribution in [2.45, 2.75) is 90.9 Å². The van der Waals surface area contributed by atoms with Gasteiger partial charge in [0.05, 0.1) is 12.2 Å². The van der Waals surface area contributed by atoms with Gasteiger partial charge in [-0.1, -0.05) is 20.8 Å². The fourth-order valence-corrected chi connectivity index (χ4v) is 8.52. The van der Waals surface area contributed by atoms with Gasteiger partial charge in [0.15, 0.2) is 0 Å². The lowest BCUT2D eigenvalue weighted by Gasteiger charge is -2.65. The Kier molecular flexibility index (Phi) is 5.22. The molecule has 4 aliphatic carbocycles. The van der Waals surface area contributed by atoms with Crippen LogP contribution >= 0.6 is 0 Å². The molecule has 4 saturated carbocycles. The molecule has 0 spiro atoms. The maximum Gasteiger partial charge on any atom is 0.0839 e. The van der Waals surface area contributed by atoms with Crippen LogP contribution < -0.4 is 0 Å². The summed E-state index contributed by atoms with van der Waals surface area (Å²) in [5, 5.41) is 10.7. The van der Waals surface area contributed by atoms with E-state index in [4.69, 9.17) is 4.74 Å². The predicted octanol–water partition coefficient (Wildman–Crippen LogP) is 4.58. The standard InChI is InChI=1S/C24H43NO2/c1-7-27-21-14-24(4)16(12-20(21)26)9-10-17-18-11-8-15(2)23(18,3)13-19(22(17)24)25(5)6/h15-22,26H,7-14H2,1-6H3/t15-,16-,17-,18-,19+,20-,21-,22+,23+,24-/m0/s1. The topological polar surface area (TPSA) is 32.7 Å². The number of ether oxygens (including phenoxy) is 1. The van der Waals surface area contributed by atoms with Gasteiger partial charge in [0.1, 0.15) is 0 Å². The fraction of sp³-hybridized carbons (Fsp3) is 1.00. The number of nitrogens with zero attached hydrogens (tertiary/aromatic N) is 1. The number of fused-ring (bicyclic) bond motifs is 5. The van der Waals surface area contributed by atoms with Gasteiger partial charge in [-0.3, -0.25) is 0 Å². The lowest BCUT2D eigenvalue weighted by molar-refractivity contribution is -0.188. The minimum Gasteiger partial charge on any atom is -0.390 e. The fourth-order valence-electron chi connectivity index (χ4n) is 8.52. The Morgan fingerprint density at radius 1 is 1.04 bits per heavy atom. The molecular formula is C24H43NO2. The van der Waals surface area contributed by atoms with Crippen molar-refractivity contribution in [1.29, 1.82) is 0 Å². The van der Waals surface area contributed by atoms with Crippen LogP contribution in [0.4, 0.5) is 0 Å². The second-order valence-corrected chi connectivity index (χ2v) is 11.3. The highest BCUT2D eigenvalue weighted by molar-refractivity contribution is 5.13. The van der Waals surface area contributed by atoms with Gasteiger partial charge < -0.3 is 14.7 Å².